The van der Waals surface area contributed by atoms with E-state index in [2.05, 4.69) is 15.0 Å². The summed E-state index contributed by atoms with van der Waals surface area (Å²) in [6, 6.07) is 12.0. The Bertz CT molecular complexity index is 1240. The molecule has 4 N–H and O–H groups in total. The van der Waals surface area contributed by atoms with E-state index in [1.807, 2.05) is 6.07 Å². The number of fused-ring (bicyclic) bond motifs is 1. The Morgan fingerprint density at radius 1 is 1.21 bits per heavy atom. The first-order valence-corrected chi connectivity index (χ1v) is 12.6. The maximum Gasteiger partial charge on any atom is 0.513 e. The van der Waals surface area contributed by atoms with Crippen LogP contribution in [0.5, 0.6) is 11.5 Å². The van der Waals surface area contributed by atoms with Crippen molar-refractivity contribution in [1.29, 1.82) is 0 Å². The highest BCUT2D eigenvalue weighted by Gasteiger charge is 2.15. The first-order valence-electron chi connectivity index (χ1n) is 10.7. The number of H-pyrrole nitrogens is 1. The van der Waals surface area contributed by atoms with Gasteiger partial charge in [0.25, 0.3) is 0 Å². The van der Waals surface area contributed by atoms with Gasteiger partial charge in [-0.3, -0.25) is 4.72 Å². The monoisotopic (exact) mass is 491 g/mol. The number of aryl methyl sites for hydroxylation is 1. The number of aliphatic hydroxyl groups is 1. The molecule has 0 spiro atoms. The van der Waals surface area contributed by atoms with E-state index in [4.69, 9.17) is 14.2 Å². The van der Waals surface area contributed by atoms with E-state index in [9.17, 15) is 18.3 Å². The van der Waals surface area contributed by atoms with Gasteiger partial charge in [0, 0.05) is 30.2 Å². The fourth-order valence-corrected chi connectivity index (χ4v) is 3.91. The smallest absolute Gasteiger partial charge is 0.492 e. The average molecular weight is 492 g/mol. The Morgan fingerprint density at radius 2 is 2.00 bits per heavy atom. The molecular formula is C23H29N3O7S. The first-order chi connectivity index (χ1) is 16.2. The summed E-state index contributed by atoms with van der Waals surface area (Å²) in [7, 11) is -3.39. The molecule has 0 radical (unpaired) electrons. The van der Waals surface area contributed by atoms with Gasteiger partial charge in [-0.15, -0.1) is 0 Å². The Balaban J connectivity index is 1.49. The van der Waals surface area contributed by atoms with Crippen LogP contribution in [0.2, 0.25) is 0 Å². The Labute approximate surface area is 198 Å². The predicted octanol–water partition coefficient (Wildman–Crippen LogP) is 3.09. The lowest BCUT2D eigenvalue weighted by Crippen LogP contribution is -2.26. The van der Waals surface area contributed by atoms with Crippen molar-refractivity contribution in [3.8, 4) is 11.5 Å². The summed E-state index contributed by atoms with van der Waals surface area (Å²) in [5.41, 5.74) is 2.45. The van der Waals surface area contributed by atoms with E-state index in [1.165, 1.54) is 0 Å². The summed E-state index contributed by atoms with van der Waals surface area (Å²) in [4.78, 5) is 14.8. The first kappa shape index (κ1) is 25.3. The second-order valence-corrected chi connectivity index (χ2v) is 9.39. The number of carbonyl (C=O) groups excluding carboxylic acids is 1. The molecule has 11 heteroatoms. The minimum absolute atomic E-state index is 0.232. The highest BCUT2D eigenvalue weighted by atomic mass is 32.2. The maximum atomic E-state index is 11.7. The number of hydrogen-bond acceptors (Lipinski definition) is 8. The van der Waals surface area contributed by atoms with Gasteiger partial charge >= 0.3 is 6.16 Å². The van der Waals surface area contributed by atoms with E-state index >= 15 is 0 Å². The number of nitrogens with one attached hydrogen (secondary N) is 3. The van der Waals surface area contributed by atoms with Crippen molar-refractivity contribution in [2.24, 2.45) is 0 Å². The summed E-state index contributed by atoms with van der Waals surface area (Å²) < 4.78 is 41.0. The normalized spacial score (nSPS) is 12.4. The van der Waals surface area contributed by atoms with Crippen LogP contribution in [-0.4, -0.2) is 57.2 Å². The molecule has 0 aliphatic rings. The number of benzene rings is 2. The number of aromatic amines is 1. The molecule has 184 valence electrons. The summed E-state index contributed by atoms with van der Waals surface area (Å²) in [5, 5.41) is 14.2. The highest BCUT2D eigenvalue weighted by Crippen LogP contribution is 2.32. The molecule has 0 bridgehead atoms. The molecule has 0 unspecified atom stereocenters. The van der Waals surface area contributed by atoms with Crippen LogP contribution < -0.4 is 19.5 Å². The Hall–Kier alpha value is -3.28. The van der Waals surface area contributed by atoms with E-state index in [-0.39, 0.29) is 13.2 Å². The summed E-state index contributed by atoms with van der Waals surface area (Å²) in [5.74, 6) is 1.06. The highest BCUT2D eigenvalue weighted by molar-refractivity contribution is 7.92. The SMILES string of the molecule is CCOC(=O)Oc1c(C)[nH]c2cc(OCCNC[C@H](O)c3cccc(NS(C)(=O)=O)c3)ccc12. The molecule has 0 amide bonds. The van der Waals surface area contributed by atoms with Gasteiger partial charge in [0.2, 0.25) is 10.0 Å². The molecule has 0 saturated carbocycles. The van der Waals surface area contributed by atoms with E-state index in [0.717, 1.165) is 17.2 Å². The molecule has 1 aromatic heterocycles. The van der Waals surface area contributed by atoms with E-state index in [0.29, 0.717) is 41.6 Å². The van der Waals surface area contributed by atoms with Crippen LogP contribution in [0.1, 0.15) is 24.3 Å². The van der Waals surface area contributed by atoms with Crippen molar-refractivity contribution >= 4 is 32.8 Å². The van der Waals surface area contributed by atoms with Gasteiger partial charge in [0.15, 0.2) is 5.75 Å². The standard InChI is InChI=1S/C23H29N3O7S/c1-4-31-23(28)33-22-15(2)25-20-13-18(8-9-19(20)22)32-11-10-24-14-21(27)16-6-5-7-17(12-16)26-34(3,29)30/h5-9,12-13,21,24-27H,4,10-11,14H2,1-3H3/t21-/m0/s1. The van der Waals surface area contributed by atoms with Gasteiger partial charge in [-0.2, -0.15) is 0 Å². The van der Waals surface area contributed by atoms with Crippen molar-refractivity contribution in [3.05, 3.63) is 53.7 Å². The molecule has 0 fully saturated rings. The molecule has 0 saturated heterocycles. The molecule has 34 heavy (non-hydrogen) atoms. The third-order valence-corrected chi connectivity index (χ3v) is 5.41. The van der Waals surface area contributed by atoms with Crippen LogP contribution in [-0.2, 0) is 14.8 Å². The number of ether oxygens (including phenoxy) is 3. The molecule has 3 rings (SSSR count). The number of anilines is 1. The Morgan fingerprint density at radius 3 is 2.74 bits per heavy atom. The largest absolute Gasteiger partial charge is 0.513 e. The van der Waals surface area contributed by atoms with Gasteiger partial charge in [-0.25, -0.2) is 13.2 Å². The molecular weight excluding hydrogens is 462 g/mol. The summed E-state index contributed by atoms with van der Waals surface area (Å²) in [6.45, 7) is 4.86. The zero-order valence-corrected chi connectivity index (χ0v) is 20.1. The zero-order valence-electron chi connectivity index (χ0n) is 19.3. The maximum absolute atomic E-state index is 11.7. The average Bonchev–Trinajstić information content (AvgIpc) is 3.06. The Kier molecular flexibility index (Phi) is 8.37. The number of hydrogen-bond donors (Lipinski definition) is 4. The van der Waals surface area contributed by atoms with Gasteiger partial charge in [0.1, 0.15) is 12.4 Å². The number of rotatable bonds is 11. The van der Waals surface area contributed by atoms with E-state index in [1.54, 1.807) is 50.2 Å². The van der Waals surface area contributed by atoms with Gasteiger partial charge in [-0.05, 0) is 43.7 Å². The van der Waals surface area contributed by atoms with Crippen LogP contribution in [0, 0.1) is 6.92 Å². The fourth-order valence-electron chi connectivity index (χ4n) is 3.36. The number of sulfonamides is 1. The van der Waals surface area contributed by atoms with Crippen molar-refractivity contribution < 1.29 is 32.5 Å². The van der Waals surface area contributed by atoms with Crippen molar-refractivity contribution in [2.75, 3.05) is 37.3 Å². The molecule has 0 aliphatic heterocycles. The quantitative estimate of drug-likeness (QED) is 0.237. The van der Waals surface area contributed by atoms with Crippen molar-refractivity contribution in [3.63, 3.8) is 0 Å². The lowest BCUT2D eigenvalue weighted by molar-refractivity contribution is 0.104. The molecule has 3 aromatic rings. The topological polar surface area (TPSA) is 139 Å². The lowest BCUT2D eigenvalue weighted by atomic mass is 10.1. The second-order valence-electron chi connectivity index (χ2n) is 7.64. The third kappa shape index (κ3) is 7.11. The van der Waals surface area contributed by atoms with Gasteiger partial charge < -0.3 is 29.6 Å². The summed E-state index contributed by atoms with van der Waals surface area (Å²) >= 11 is 0. The fraction of sp³-hybridized carbons (Fsp3) is 0.348. The van der Waals surface area contributed by atoms with Crippen LogP contribution in [0.4, 0.5) is 10.5 Å². The van der Waals surface area contributed by atoms with Crippen LogP contribution in [0.15, 0.2) is 42.5 Å². The molecule has 1 atom stereocenters. The van der Waals surface area contributed by atoms with E-state index < -0.39 is 22.3 Å². The number of aromatic nitrogens is 1. The summed E-state index contributed by atoms with van der Waals surface area (Å²) in [6.07, 6.45) is -0.487. The van der Waals surface area contributed by atoms with Crippen LogP contribution >= 0.6 is 0 Å². The molecule has 0 aliphatic carbocycles. The third-order valence-electron chi connectivity index (χ3n) is 4.81. The molecule has 2 aromatic carbocycles. The lowest BCUT2D eigenvalue weighted by Gasteiger charge is -2.14. The molecule has 10 nitrogen and oxygen atoms in total. The number of aliphatic hydroxyl groups excluding tert-OH is 1. The van der Waals surface area contributed by atoms with Crippen molar-refractivity contribution in [1.82, 2.24) is 10.3 Å². The van der Waals surface area contributed by atoms with Gasteiger partial charge in [0.05, 0.1) is 30.2 Å². The van der Waals surface area contributed by atoms with Crippen LogP contribution in [0.3, 0.4) is 0 Å². The predicted molar refractivity (Wildman–Crippen MR) is 129 cm³/mol. The minimum atomic E-state index is -3.39. The van der Waals surface area contributed by atoms with Crippen LogP contribution in [0.25, 0.3) is 10.9 Å². The zero-order chi connectivity index (χ0) is 24.7. The van der Waals surface area contributed by atoms with Gasteiger partial charge in [-0.1, -0.05) is 12.1 Å². The second kappa shape index (κ2) is 11.2. The van der Waals surface area contributed by atoms with Crippen molar-refractivity contribution in [2.45, 2.75) is 20.0 Å². The minimum Gasteiger partial charge on any atom is -0.492 e. The number of carbonyl (C=O) groups is 1. The molecule has 1 heterocycles.